The number of rotatable bonds is 10. The van der Waals surface area contributed by atoms with Gasteiger partial charge in [-0.2, -0.15) is 0 Å². The van der Waals surface area contributed by atoms with Gasteiger partial charge < -0.3 is 18.6 Å². The lowest BCUT2D eigenvalue weighted by Gasteiger charge is -2.38. The summed E-state index contributed by atoms with van der Waals surface area (Å²) in [6.45, 7) is 18.0. The fraction of sp³-hybridized carbons (Fsp3) is 0.111. The molecule has 16 aromatic rings. The first kappa shape index (κ1) is 56.8. The first-order valence-electron chi connectivity index (χ1n) is 32.9. The highest BCUT2D eigenvalue weighted by Crippen LogP contribution is 2.66. The zero-order valence-electron chi connectivity index (χ0n) is 54.3. The van der Waals surface area contributed by atoms with E-state index in [9.17, 15) is 0 Å². The summed E-state index contributed by atoms with van der Waals surface area (Å²) in [5, 5.41) is 9.10. The normalized spacial score (nSPS) is 12.3. The van der Waals surface area contributed by atoms with E-state index in [1.165, 1.54) is 66.4 Å². The fourth-order valence-electron chi connectivity index (χ4n) is 15.4. The van der Waals surface area contributed by atoms with Crippen LogP contribution in [-0.2, 0) is 10.8 Å². The molecule has 1 aliphatic carbocycles. The predicted octanol–water partition coefficient (Wildman–Crippen LogP) is 26.3. The minimum Gasteiger partial charge on any atom is -0.454 e. The number of fused-ring (bicyclic) bond motifs is 12. The Morgan fingerprint density at radius 2 is 0.521 bits per heavy atom. The standard InChI is InChI=1S/C90H70N2O2/c1-55-29-21-23-45-73(55)91(75-47-27-41-67-65-39-25-43-71(89(3,4)5)85(65)93-87(67)75)61-49-51-63-69(53-61)79(59-35-17-11-18-36-59)83-81(77(63)57-31-13-9-14-32-57)84-80(60-37-19-12-20-38-60)70-54-62(50-52-64(70)78(82(83)84)58-33-15-10-16-34-58)92(74-46-24-22-30-56(74)2)76-48-28-42-68-66-40-26-44-72(90(6,7)8)86(66)94-88(68)76/h9-54H,1-8H3. The van der Waals surface area contributed by atoms with Crippen molar-refractivity contribution < 1.29 is 8.83 Å². The number of aryl methyl sites for hydroxylation is 2. The van der Waals surface area contributed by atoms with Crippen molar-refractivity contribution in [1.82, 2.24) is 0 Å². The number of para-hydroxylation sites is 6. The summed E-state index contributed by atoms with van der Waals surface area (Å²) in [5.74, 6) is 0. The molecule has 14 aromatic carbocycles. The minimum atomic E-state index is -0.129. The lowest BCUT2D eigenvalue weighted by atomic mass is 9.65. The summed E-state index contributed by atoms with van der Waals surface area (Å²) < 4.78 is 14.5. The third kappa shape index (κ3) is 8.87. The van der Waals surface area contributed by atoms with E-state index in [0.717, 1.165) is 122 Å². The topological polar surface area (TPSA) is 32.8 Å². The van der Waals surface area contributed by atoms with Crippen LogP contribution in [0.2, 0.25) is 0 Å². The summed E-state index contributed by atoms with van der Waals surface area (Å²) in [6, 6.07) is 103. The highest BCUT2D eigenvalue weighted by atomic mass is 16.3. The Balaban J connectivity index is 0.987. The second kappa shape index (κ2) is 21.7. The molecule has 4 heteroatoms. The van der Waals surface area contributed by atoms with E-state index in [4.69, 9.17) is 8.83 Å². The molecule has 0 aliphatic heterocycles. The Bertz CT molecular complexity index is 5340. The maximum Gasteiger partial charge on any atom is 0.159 e. The van der Waals surface area contributed by atoms with Gasteiger partial charge in [0.15, 0.2) is 11.2 Å². The van der Waals surface area contributed by atoms with Crippen molar-refractivity contribution in [3.05, 3.63) is 301 Å². The van der Waals surface area contributed by atoms with Crippen LogP contribution in [-0.4, -0.2) is 0 Å². The first-order valence-corrected chi connectivity index (χ1v) is 32.9. The second-order valence-electron chi connectivity index (χ2n) is 27.5. The summed E-state index contributed by atoms with van der Waals surface area (Å²) >= 11 is 0. The molecule has 0 N–H and O–H groups in total. The molecule has 0 spiro atoms. The molecule has 0 unspecified atom stereocenters. The van der Waals surface area contributed by atoms with E-state index in [2.05, 4.69) is 344 Å². The molecule has 0 amide bonds. The van der Waals surface area contributed by atoms with Crippen LogP contribution in [0.5, 0.6) is 0 Å². The lowest BCUT2D eigenvalue weighted by molar-refractivity contribution is 0.572. The Labute approximate surface area is 549 Å². The Hall–Kier alpha value is -11.2. The second-order valence-corrected chi connectivity index (χ2v) is 27.5. The summed E-state index contributed by atoms with van der Waals surface area (Å²) in [6.07, 6.45) is 0. The van der Waals surface area contributed by atoms with Crippen molar-refractivity contribution in [3.8, 4) is 66.8 Å². The van der Waals surface area contributed by atoms with Crippen LogP contribution in [0.15, 0.2) is 288 Å². The van der Waals surface area contributed by atoms with Gasteiger partial charge in [-0.05, 0) is 173 Å². The van der Waals surface area contributed by atoms with Crippen LogP contribution < -0.4 is 9.80 Å². The molecule has 94 heavy (non-hydrogen) atoms. The third-order valence-corrected chi connectivity index (χ3v) is 19.7. The maximum absolute atomic E-state index is 7.25. The number of benzene rings is 14. The van der Waals surface area contributed by atoms with Gasteiger partial charge >= 0.3 is 0 Å². The number of nitrogens with zero attached hydrogens (tertiary/aromatic N) is 2. The molecule has 0 saturated heterocycles. The highest BCUT2D eigenvalue weighted by molar-refractivity contribution is 6.33. The predicted molar refractivity (Wildman–Crippen MR) is 398 cm³/mol. The molecule has 0 atom stereocenters. The average Bonchev–Trinajstić information content (AvgIpc) is 0.845. The molecule has 0 radical (unpaired) electrons. The lowest BCUT2D eigenvalue weighted by Crippen LogP contribution is -2.13. The molecule has 2 heterocycles. The van der Waals surface area contributed by atoms with Gasteiger partial charge in [0.1, 0.15) is 11.2 Å². The van der Waals surface area contributed by atoms with E-state index in [-0.39, 0.29) is 10.8 Å². The van der Waals surface area contributed by atoms with Gasteiger partial charge in [-0.25, -0.2) is 0 Å². The third-order valence-electron chi connectivity index (χ3n) is 19.7. The van der Waals surface area contributed by atoms with Gasteiger partial charge in [0.2, 0.25) is 0 Å². The van der Waals surface area contributed by atoms with Crippen molar-refractivity contribution in [2.45, 2.75) is 66.2 Å². The van der Waals surface area contributed by atoms with Crippen molar-refractivity contribution in [2.75, 3.05) is 9.80 Å². The fourth-order valence-corrected chi connectivity index (χ4v) is 15.4. The van der Waals surface area contributed by atoms with Gasteiger partial charge in [0, 0.05) is 55.4 Å². The smallest absolute Gasteiger partial charge is 0.159 e. The Kier molecular flexibility index (Phi) is 13.1. The summed E-state index contributed by atoms with van der Waals surface area (Å²) in [4.78, 5) is 4.87. The zero-order valence-corrected chi connectivity index (χ0v) is 54.3. The molecular weight excluding hydrogens is 1140 g/mol. The van der Waals surface area contributed by atoms with E-state index < -0.39 is 0 Å². The number of furan rings is 2. The monoisotopic (exact) mass is 1210 g/mol. The Morgan fingerprint density at radius 3 is 0.851 bits per heavy atom. The number of hydrogen-bond acceptors (Lipinski definition) is 4. The van der Waals surface area contributed by atoms with Crippen LogP contribution in [0.4, 0.5) is 34.1 Å². The maximum atomic E-state index is 7.25. The van der Waals surface area contributed by atoms with Crippen molar-refractivity contribution in [3.63, 3.8) is 0 Å². The zero-order chi connectivity index (χ0) is 63.7. The number of hydrogen-bond donors (Lipinski definition) is 0. The molecule has 1 aliphatic rings. The quantitative estimate of drug-likeness (QED) is 0.137. The van der Waals surface area contributed by atoms with Crippen molar-refractivity contribution in [1.29, 1.82) is 0 Å². The molecule has 4 nitrogen and oxygen atoms in total. The van der Waals surface area contributed by atoms with Crippen LogP contribution in [0.1, 0.15) is 63.8 Å². The molecule has 2 aromatic heterocycles. The molecular formula is C90H70N2O2. The average molecular weight is 1210 g/mol. The van der Waals surface area contributed by atoms with Crippen LogP contribution in [0.25, 0.3) is 132 Å². The number of anilines is 6. The van der Waals surface area contributed by atoms with Gasteiger partial charge in [-0.15, -0.1) is 0 Å². The molecule has 0 fully saturated rings. The minimum absolute atomic E-state index is 0.129. The molecule has 0 saturated carbocycles. The van der Waals surface area contributed by atoms with Crippen molar-refractivity contribution >= 4 is 99.5 Å². The molecule has 0 bridgehead atoms. The van der Waals surface area contributed by atoms with Crippen LogP contribution in [0, 0.1) is 13.8 Å². The van der Waals surface area contributed by atoms with E-state index in [0.29, 0.717) is 0 Å². The first-order chi connectivity index (χ1) is 45.8. The summed E-state index contributed by atoms with van der Waals surface area (Å²) in [5.41, 5.74) is 28.7. The van der Waals surface area contributed by atoms with Gasteiger partial charge in [-0.1, -0.05) is 272 Å². The van der Waals surface area contributed by atoms with Gasteiger partial charge in [-0.3, -0.25) is 0 Å². The van der Waals surface area contributed by atoms with Crippen molar-refractivity contribution in [2.24, 2.45) is 0 Å². The van der Waals surface area contributed by atoms with Gasteiger partial charge in [0.05, 0.1) is 11.4 Å². The van der Waals surface area contributed by atoms with E-state index >= 15 is 0 Å². The Morgan fingerprint density at radius 1 is 0.234 bits per heavy atom. The molecule has 452 valence electrons. The van der Waals surface area contributed by atoms with E-state index in [1.54, 1.807) is 0 Å². The highest BCUT2D eigenvalue weighted by Gasteiger charge is 2.40. The summed E-state index contributed by atoms with van der Waals surface area (Å²) in [7, 11) is 0. The SMILES string of the molecule is Cc1ccccc1N(c1ccc2c(-c3ccccc3)c3c(c(-c4ccccc4)c2c1)-c1c-3c(-c2ccccc2)c2cc(N(c3ccccc3C)c3cccc4c3oc3c(C(C)(C)C)cccc34)ccc2c1-c1ccccc1)c1cccc2c1oc1c(C(C)(C)C)cccc12. The molecule has 17 rings (SSSR count). The van der Waals surface area contributed by atoms with Crippen LogP contribution >= 0.6 is 0 Å². The largest absolute Gasteiger partial charge is 0.454 e. The van der Waals surface area contributed by atoms with E-state index in [1.807, 2.05) is 0 Å². The van der Waals surface area contributed by atoms with Crippen LogP contribution in [0.3, 0.4) is 0 Å². The van der Waals surface area contributed by atoms with Gasteiger partial charge in [0.25, 0.3) is 0 Å².